The molecule has 1 saturated heterocycles. The van der Waals surface area contributed by atoms with E-state index in [0.717, 1.165) is 12.8 Å². The highest BCUT2D eigenvalue weighted by atomic mass is 19.1. The van der Waals surface area contributed by atoms with E-state index in [4.69, 9.17) is 4.74 Å². The van der Waals surface area contributed by atoms with Gasteiger partial charge in [0.2, 0.25) is 0 Å². The monoisotopic (exact) mass is 208 g/mol. The Bertz CT molecular complexity index is 320. The normalized spacial score (nSPS) is 26.3. The van der Waals surface area contributed by atoms with Crippen LogP contribution in [0.3, 0.4) is 0 Å². The molecule has 1 heterocycles. The Morgan fingerprint density at radius 1 is 1.33 bits per heavy atom. The van der Waals surface area contributed by atoms with Gasteiger partial charge in [-0.25, -0.2) is 4.39 Å². The Balaban J connectivity index is 1.89. The van der Waals surface area contributed by atoms with Crippen molar-refractivity contribution in [2.45, 2.75) is 38.9 Å². The molecular weight excluding hydrogens is 191 g/mol. The molecule has 1 aromatic rings. The Kier molecular flexibility index (Phi) is 3.06. The number of epoxide rings is 1. The van der Waals surface area contributed by atoms with Crippen molar-refractivity contribution in [3.8, 4) is 0 Å². The Labute approximate surface area is 90.3 Å². The van der Waals surface area contributed by atoms with E-state index in [-0.39, 0.29) is 5.82 Å². The van der Waals surface area contributed by atoms with Crippen LogP contribution in [0.4, 0.5) is 4.39 Å². The zero-order valence-electron chi connectivity index (χ0n) is 9.24. The Morgan fingerprint density at radius 2 is 2.00 bits per heavy atom. The smallest absolute Gasteiger partial charge is 0.123 e. The van der Waals surface area contributed by atoms with Crippen LogP contribution in [0.15, 0.2) is 24.3 Å². The van der Waals surface area contributed by atoms with Crippen molar-refractivity contribution >= 4 is 0 Å². The zero-order valence-corrected chi connectivity index (χ0v) is 9.24. The fourth-order valence-electron chi connectivity index (χ4n) is 2.09. The molecule has 82 valence electrons. The summed E-state index contributed by atoms with van der Waals surface area (Å²) in [6.45, 7) is 4.35. The van der Waals surface area contributed by atoms with Crippen LogP contribution >= 0.6 is 0 Å². The first-order chi connectivity index (χ1) is 7.20. The van der Waals surface area contributed by atoms with E-state index in [2.05, 4.69) is 13.8 Å². The molecule has 0 N–H and O–H groups in total. The van der Waals surface area contributed by atoms with Gasteiger partial charge in [0.05, 0.1) is 12.2 Å². The molecule has 0 amide bonds. The molecule has 3 atom stereocenters. The van der Waals surface area contributed by atoms with E-state index < -0.39 is 0 Å². The summed E-state index contributed by atoms with van der Waals surface area (Å²) in [5, 5.41) is 0. The van der Waals surface area contributed by atoms with Crippen LogP contribution in [0, 0.1) is 11.7 Å². The van der Waals surface area contributed by atoms with Gasteiger partial charge in [-0.05, 0) is 36.5 Å². The maximum absolute atomic E-state index is 12.7. The molecule has 1 aliphatic rings. The van der Waals surface area contributed by atoms with Gasteiger partial charge < -0.3 is 4.74 Å². The molecule has 0 aliphatic carbocycles. The van der Waals surface area contributed by atoms with E-state index in [1.807, 2.05) is 12.1 Å². The largest absolute Gasteiger partial charge is 0.369 e. The van der Waals surface area contributed by atoms with Crippen molar-refractivity contribution in [2.75, 3.05) is 0 Å². The molecule has 3 unspecified atom stereocenters. The molecule has 1 fully saturated rings. The summed E-state index contributed by atoms with van der Waals surface area (Å²) < 4.78 is 18.2. The molecule has 0 bridgehead atoms. The molecule has 1 aliphatic heterocycles. The van der Waals surface area contributed by atoms with Gasteiger partial charge in [-0.3, -0.25) is 0 Å². The van der Waals surface area contributed by atoms with Crippen molar-refractivity contribution in [1.82, 2.24) is 0 Å². The molecule has 0 aromatic heterocycles. The summed E-state index contributed by atoms with van der Waals surface area (Å²) >= 11 is 0. The van der Waals surface area contributed by atoms with Crippen LogP contribution in [-0.4, -0.2) is 12.2 Å². The fraction of sp³-hybridized carbons (Fsp3) is 0.538. The molecule has 15 heavy (non-hydrogen) atoms. The van der Waals surface area contributed by atoms with Crippen molar-refractivity contribution in [2.24, 2.45) is 5.92 Å². The molecule has 1 aromatic carbocycles. The molecule has 2 heteroatoms. The lowest BCUT2D eigenvalue weighted by Crippen LogP contribution is -2.09. The van der Waals surface area contributed by atoms with Crippen LogP contribution in [0.1, 0.15) is 25.8 Å². The van der Waals surface area contributed by atoms with Gasteiger partial charge >= 0.3 is 0 Å². The van der Waals surface area contributed by atoms with Crippen molar-refractivity contribution < 1.29 is 9.13 Å². The minimum absolute atomic E-state index is 0.166. The fourth-order valence-corrected chi connectivity index (χ4v) is 2.09. The lowest BCUT2D eigenvalue weighted by Gasteiger charge is -2.08. The molecule has 2 rings (SSSR count). The third kappa shape index (κ3) is 2.57. The minimum atomic E-state index is -0.166. The third-order valence-electron chi connectivity index (χ3n) is 3.06. The van der Waals surface area contributed by atoms with Gasteiger partial charge in [-0.15, -0.1) is 0 Å². The Hall–Kier alpha value is -0.890. The number of hydrogen-bond acceptors (Lipinski definition) is 1. The molecule has 0 radical (unpaired) electrons. The predicted molar refractivity (Wildman–Crippen MR) is 58.2 cm³/mol. The second kappa shape index (κ2) is 4.31. The van der Waals surface area contributed by atoms with Crippen LogP contribution in [0.25, 0.3) is 0 Å². The number of halogens is 1. The highest BCUT2D eigenvalue weighted by Crippen LogP contribution is 2.33. The molecular formula is C13H17FO. The van der Waals surface area contributed by atoms with Gasteiger partial charge in [0, 0.05) is 0 Å². The highest BCUT2D eigenvalue weighted by molar-refractivity contribution is 5.17. The molecule has 0 saturated carbocycles. The summed E-state index contributed by atoms with van der Waals surface area (Å²) in [5.74, 6) is 0.362. The standard InChI is InChI=1S/C13H17FO/c1-3-12-13(15-12)9(2)8-10-4-6-11(14)7-5-10/h4-7,9,12-13H,3,8H2,1-2H3. The summed E-state index contributed by atoms with van der Waals surface area (Å²) in [6.07, 6.45) is 2.94. The zero-order chi connectivity index (χ0) is 10.8. The first-order valence-electron chi connectivity index (χ1n) is 5.60. The predicted octanol–water partition coefficient (Wildman–Crippen LogP) is 3.18. The quantitative estimate of drug-likeness (QED) is 0.692. The summed E-state index contributed by atoms with van der Waals surface area (Å²) in [6, 6.07) is 6.75. The van der Waals surface area contributed by atoms with Crippen molar-refractivity contribution in [3.63, 3.8) is 0 Å². The van der Waals surface area contributed by atoms with E-state index in [9.17, 15) is 4.39 Å². The van der Waals surface area contributed by atoms with E-state index in [1.165, 1.54) is 17.7 Å². The molecule has 1 nitrogen and oxygen atoms in total. The Morgan fingerprint density at radius 3 is 2.53 bits per heavy atom. The lowest BCUT2D eigenvalue weighted by molar-refractivity contribution is 0.322. The summed E-state index contributed by atoms with van der Waals surface area (Å²) in [7, 11) is 0. The van der Waals surface area contributed by atoms with Crippen LogP contribution in [-0.2, 0) is 11.2 Å². The number of ether oxygens (including phenoxy) is 1. The topological polar surface area (TPSA) is 12.5 Å². The second-order valence-corrected chi connectivity index (χ2v) is 4.36. The van der Waals surface area contributed by atoms with Gasteiger partial charge in [0.1, 0.15) is 5.82 Å². The van der Waals surface area contributed by atoms with E-state index >= 15 is 0 Å². The maximum atomic E-state index is 12.7. The van der Waals surface area contributed by atoms with Crippen molar-refractivity contribution in [3.05, 3.63) is 35.6 Å². The van der Waals surface area contributed by atoms with Crippen LogP contribution in [0.2, 0.25) is 0 Å². The van der Waals surface area contributed by atoms with Gasteiger partial charge in [-0.1, -0.05) is 26.0 Å². The van der Waals surface area contributed by atoms with Crippen LogP contribution in [0.5, 0.6) is 0 Å². The number of hydrogen-bond donors (Lipinski definition) is 0. The maximum Gasteiger partial charge on any atom is 0.123 e. The minimum Gasteiger partial charge on any atom is -0.369 e. The second-order valence-electron chi connectivity index (χ2n) is 4.36. The third-order valence-corrected chi connectivity index (χ3v) is 3.06. The number of benzene rings is 1. The van der Waals surface area contributed by atoms with E-state index in [1.54, 1.807) is 0 Å². The highest BCUT2D eigenvalue weighted by Gasteiger charge is 2.40. The summed E-state index contributed by atoms with van der Waals surface area (Å²) in [4.78, 5) is 0. The van der Waals surface area contributed by atoms with Crippen LogP contribution < -0.4 is 0 Å². The first kappa shape index (κ1) is 10.6. The SMILES string of the molecule is CCC1OC1C(C)Cc1ccc(F)cc1. The average molecular weight is 208 g/mol. The number of rotatable bonds is 4. The van der Waals surface area contributed by atoms with E-state index in [0.29, 0.717) is 18.1 Å². The lowest BCUT2D eigenvalue weighted by atomic mass is 9.96. The van der Waals surface area contributed by atoms with Gasteiger partial charge in [-0.2, -0.15) is 0 Å². The van der Waals surface area contributed by atoms with Crippen molar-refractivity contribution in [1.29, 1.82) is 0 Å². The van der Waals surface area contributed by atoms with Gasteiger partial charge in [0.25, 0.3) is 0 Å². The molecule has 0 spiro atoms. The first-order valence-corrected chi connectivity index (χ1v) is 5.60. The summed E-state index contributed by atoms with van der Waals surface area (Å²) in [5.41, 5.74) is 1.19. The van der Waals surface area contributed by atoms with Gasteiger partial charge in [0.15, 0.2) is 0 Å². The average Bonchev–Trinajstić information content (AvgIpc) is 3.00.